The molecule has 0 aliphatic heterocycles. The highest BCUT2D eigenvalue weighted by Gasteiger charge is 2.63. The minimum Gasteiger partial charge on any atom is -0.455 e. The number of halogens is 6. The monoisotopic (exact) mass is 438 g/mol. The number of carbonyl (C=O) groups is 1. The fourth-order valence-electron chi connectivity index (χ4n) is 4.97. The van der Waals surface area contributed by atoms with Gasteiger partial charge < -0.3 is 4.74 Å². The van der Waals surface area contributed by atoms with Crippen LogP contribution in [0.3, 0.4) is 0 Å². The fourth-order valence-corrected chi connectivity index (χ4v) is 8.72. The Bertz CT molecular complexity index is 756. The molecule has 0 aromatic carbocycles. The smallest absolute Gasteiger partial charge is 0.455 e. The third-order valence-electron chi connectivity index (χ3n) is 5.42. The second-order valence-electron chi connectivity index (χ2n) is 7.68. The van der Waals surface area contributed by atoms with Crippen LogP contribution in [0.5, 0.6) is 0 Å². The molecule has 0 saturated heterocycles. The molecule has 0 amide bonds. The Balaban J connectivity index is 1.86. The van der Waals surface area contributed by atoms with E-state index in [4.69, 9.17) is 4.74 Å². The molecular formula is C15H16F6O4S2. The van der Waals surface area contributed by atoms with Gasteiger partial charge in [0.05, 0.1) is 0 Å². The largest absolute Gasteiger partial charge is 0.507 e. The van der Waals surface area contributed by atoms with Crippen molar-refractivity contribution in [1.29, 1.82) is 0 Å². The topological polar surface area (TPSA) is 60.4 Å². The van der Waals surface area contributed by atoms with Gasteiger partial charge in [-0.05, 0) is 54.7 Å². The van der Waals surface area contributed by atoms with Gasteiger partial charge >= 0.3 is 26.5 Å². The summed E-state index contributed by atoms with van der Waals surface area (Å²) >= 11 is 0. The van der Waals surface area contributed by atoms with Gasteiger partial charge in [-0.15, -0.1) is 0 Å². The first kappa shape index (κ1) is 20.8. The van der Waals surface area contributed by atoms with Crippen LogP contribution >= 0.6 is 10.8 Å². The van der Waals surface area contributed by atoms with Crippen LogP contribution in [0.15, 0.2) is 12.2 Å². The minimum absolute atomic E-state index is 0.183. The van der Waals surface area contributed by atoms with E-state index < -0.39 is 42.4 Å². The van der Waals surface area contributed by atoms with E-state index in [0.717, 1.165) is 0 Å². The van der Waals surface area contributed by atoms with Gasteiger partial charge in [-0.1, -0.05) is 6.58 Å². The van der Waals surface area contributed by atoms with Crippen LogP contribution in [0.2, 0.25) is 0 Å². The Labute approximate surface area is 155 Å². The fraction of sp³-hybridized carbons (Fsp3) is 0.800. The summed E-state index contributed by atoms with van der Waals surface area (Å²) in [5, 5.41) is 0. The first-order valence-electron chi connectivity index (χ1n) is 8.08. The van der Waals surface area contributed by atoms with Gasteiger partial charge in [0.1, 0.15) is 11.2 Å². The molecule has 0 spiro atoms. The Morgan fingerprint density at radius 1 is 1.04 bits per heavy atom. The van der Waals surface area contributed by atoms with Crippen molar-refractivity contribution in [2.24, 2.45) is 11.8 Å². The van der Waals surface area contributed by atoms with Crippen molar-refractivity contribution in [2.75, 3.05) is 0 Å². The van der Waals surface area contributed by atoms with Crippen LogP contribution in [0.25, 0.3) is 0 Å². The van der Waals surface area contributed by atoms with Crippen molar-refractivity contribution in [3.63, 3.8) is 0 Å². The van der Waals surface area contributed by atoms with E-state index in [1.165, 1.54) is 0 Å². The molecule has 0 heterocycles. The summed E-state index contributed by atoms with van der Waals surface area (Å²) in [6.07, 6.45) is -3.74. The zero-order valence-corrected chi connectivity index (χ0v) is 15.5. The van der Waals surface area contributed by atoms with E-state index in [1.807, 2.05) is 0 Å². The summed E-state index contributed by atoms with van der Waals surface area (Å²) in [7, 11) is -5.66. The number of carbonyl (C=O) groups excluding carboxylic acids is 1. The van der Waals surface area contributed by atoms with Crippen LogP contribution in [0.4, 0.5) is 26.3 Å². The number of ether oxygens (including phenoxy) is 1. The van der Waals surface area contributed by atoms with Crippen LogP contribution in [-0.2, 0) is 18.4 Å². The number of esters is 1. The second kappa shape index (κ2) is 6.04. The van der Waals surface area contributed by atoms with Gasteiger partial charge in [-0.2, -0.15) is 26.3 Å². The van der Waals surface area contributed by atoms with E-state index in [0.29, 0.717) is 6.42 Å². The lowest BCUT2D eigenvalue weighted by atomic mass is 9.53. The highest BCUT2D eigenvalue weighted by Crippen LogP contribution is 2.65. The minimum atomic E-state index is -5.48. The molecule has 4 saturated carbocycles. The van der Waals surface area contributed by atoms with Gasteiger partial charge in [-0.25, -0.2) is 13.2 Å². The summed E-state index contributed by atoms with van der Waals surface area (Å²) < 4.78 is 104. The first-order valence-corrected chi connectivity index (χ1v) is 10.9. The Hall–Kier alpha value is -0.910. The molecule has 4 aliphatic carbocycles. The van der Waals surface area contributed by atoms with Crippen LogP contribution in [0.1, 0.15) is 38.5 Å². The summed E-state index contributed by atoms with van der Waals surface area (Å²) in [6.45, 7) is 2.68. The maximum Gasteiger partial charge on any atom is 0.507 e. The third kappa shape index (κ3) is 3.83. The van der Waals surface area contributed by atoms with Gasteiger partial charge in [0.15, 0.2) is 0 Å². The molecule has 0 radical (unpaired) electrons. The molecule has 0 aromatic heterocycles. The summed E-state index contributed by atoms with van der Waals surface area (Å²) in [5.74, 6) is -2.06. The number of hydrogen-bond donors (Lipinski definition) is 0. The summed E-state index contributed by atoms with van der Waals surface area (Å²) in [5.41, 5.74) is -8.51. The number of hydrogen-bond acceptors (Lipinski definition) is 5. The maximum absolute atomic E-state index is 12.8. The normalized spacial score (nSPS) is 35.9. The zero-order valence-electron chi connectivity index (χ0n) is 13.8. The SMILES string of the molecule is C=C(C(=O)OC12CC3CC(C1)CC(SS(=O)(=O)C(F)(F)F)(C3)C2)C(F)(F)F. The molecule has 0 N–H and O–H groups in total. The average molecular weight is 438 g/mol. The number of alkyl halides is 6. The molecule has 27 heavy (non-hydrogen) atoms. The molecule has 4 fully saturated rings. The predicted molar refractivity (Wildman–Crippen MR) is 84.0 cm³/mol. The molecule has 0 aromatic rings. The van der Waals surface area contributed by atoms with Crippen molar-refractivity contribution in [3.05, 3.63) is 12.2 Å². The molecule has 2 atom stereocenters. The number of rotatable bonds is 4. The molecule has 2 unspecified atom stereocenters. The van der Waals surface area contributed by atoms with Crippen LogP contribution in [0, 0.1) is 11.8 Å². The van der Waals surface area contributed by atoms with Crippen molar-refractivity contribution in [3.8, 4) is 0 Å². The Kier molecular flexibility index (Phi) is 4.66. The lowest BCUT2D eigenvalue weighted by molar-refractivity contribution is -0.185. The van der Waals surface area contributed by atoms with Crippen molar-refractivity contribution in [1.82, 2.24) is 0 Å². The van der Waals surface area contributed by atoms with Gasteiger partial charge in [0, 0.05) is 11.2 Å². The van der Waals surface area contributed by atoms with E-state index in [-0.39, 0.29) is 54.7 Å². The molecule has 4 bridgehead atoms. The van der Waals surface area contributed by atoms with Crippen molar-refractivity contribution in [2.45, 2.75) is 60.6 Å². The zero-order chi connectivity index (χ0) is 20.5. The average Bonchev–Trinajstić information content (AvgIpc) is 2.40. The third-order valence-corrected chi connectivity index (χ3v) is 9.32. The molecule has 154 valence electrons. The summed E-state index contributed by atoms with van der Waals surface area (Å²) in [6, 6.07) is 0. The highest BCUT2D eigenvalue weighted by molar-refractivity contribution is 8.72. The molecule has 4 nitrogen and oxygen atoms in total. The maximum atomic E-state index is 12.8. The Morgan fingerprint density at radius 2 is 1.56 bits per heavy atom. The molecule has 4 rings (SSSR count). The molecular weight excluding hydrogens is 422 g/mol. The second-order valence-corrected chi connectivity index (χ2v) is 11.9. The van der Waals surface area contributed by atoms with Gasteiger partial charge in [0.25, 0.3) is 0 Å². The Morgan fingerprint density at radius 3 is 2.00 bits per heavy atom. The van der Waals surface area contributed by atoms with Gasteiger partial charge in [0.2, 0.25) is 0 Å². The van der Waals surface area contributed by atoms with Crippen LogP contribution in [-0.4, -0.2) is 36.4 Å². The van der Waals surface area contributed by atoms with Crippen LogP contribution < -0.4 is 0 Å². The van der Waals surface area contributed by atoms with Crippen molar-refractivity contribution < 1.29 is 44.3 Å². The van der Waals surface area contributed by atoms with E-state index in [9.17, 15) is 39.6 Å². The van der Waals surface area contributed by atoms with Crippen molar-refractivity contribution >= 4 is 25.6 Å². The van der Waals surface area contributed by atoms with Gasteiger partial charge in [-0.3, -0.25) is 0 Å². The first-order chi connectivity index (χ1) is 12.1. The van der Waals surface area contributed by atoms with E-state index >= 15 is 0 Å². The quantitative estimate of drug-likeness (QED) is 0.283. The molecule has 12 heteroatoms. The lowest BCUT2D eigenvalue weighted by Crippen LogP contribution is -2.59. The summed E-state index contributed by atoms with van der Waals surface area (Å²) in [4.78, 5) is 11.9. The standard InChI is InChI=1S/C15H16F6O4S2/c1-8(14(16,17)18)11(22)25-12-3-9-2-10(4-12)6-13(5-9,7-12)26-27(23,24)15(19,20)21/h9-10H,1-7H2. The van der Waals surface area contributed by atoms with E-state index in [2.05, 4.69) is 6.58 Å². The highest BCUT2D eigenvalue weighted by atomic mass is 33.1. The molecule has 4 aliphatic rings. The predicted octanol–water partition coefficient (Wildman–Crippen LogP) is 4.32. The van der Waals surface area contributed by atoms with E-state index in [1.54, 1.807) is 0 Å². The lowest BCUT2D eigenvalue weighted by Gasteiger charge is -2.60.